The van der Waals surface area contributed by atoms with Crippen LogP contribution in [0.5, 0.6) is 5.75 Å². The van der Waals surface area contributed by atoms with Crippen molar-refractivity contribution in [3.63, 3.8) is 0 Å². The normalized spacial score (nSPS) is 16.3. The fourth-order valence-electron chi connectivity index (χ4n) is 3.04. The van der Waals surface area contributed by atoms with Gasteiger partial charge in [-0.3, -0.25) is 9.69 Å². The highest BCUT2D eigenvalue weighted by molar-refractivity contribution is 6.39. The van der Waals surface area contributed by atoms with E-state index in [1.807, 2.05) is 19.1 Å². The summed E-state index contributed by atoms with van der Waals surface area (Å²) in [5.74, 6) is 0.133. The van der Waals surface area contributed by atoms with Crippen LogP contribution >= 0.6 is 23.2 Å². The number of carbonyl (C=O) groups is 1. The molecular formula is C19H21Cl2N3O2. The molecule has 1 aliphatic rings. The minimum absolute atomic E-state index is 0.127. The Morgan fingerprint density at radius 3 is 2.19 bits per heavy atom. The van der Waals surface area contributed by atoms with Gasteiger partial charge in [0.15, 0.2) is 0 Å². The van der Waals surface area contributed by atoms with Crippen molar-refractivity contribution < 1.29 is 9.90 Å². The molecule has 0 aromatic heterocycles. The lowest BCUT2D eigenvalue weighted by Gasteiger charge is -2.38. The third-order valence-corrected chi connectivity index (χ3v) is 5.30. The van der Waals surface area contributed by atoms with E-state index in [0.29, 0.717) is 15.7 Å². The number of carbonyl (C=O) groups excluding carboxylic acids is 1. The molecule has 26 heavy (non-hydrogen) atoms. The molecule has 138 valence electrons. The molecule has 1 atom stereocenters. The third-order valence-electron chi connectivity index (χ3n) is 4.67. The monoisotopic (exact) mass is 393 g/mol. The van der Waals surface area contributed by atoms with E-state index in [0.717, 1.165) is 31.9 Å². The lowest BCUT2D eigenvalue weighted by atomic mass is 10.2. The number of rotatable bonds is 4. The second-order valence-electron chi connectivity index (χ2n) is 6.30. The van der Waals surface area contributed by atoms with Gasteiger partial charge in [0.1, 0.15) is 5.75 Å². The van der Waals surface area contributed by atoms with Gasteiger partial charge < -0.3 is 15.3 Å². The fraction of sp³-hybridized carbons (Fsp3) is 0.316. The molecule has 0 aliphatic carbocycles. The Morgan fingerprint density at radius 1 is 1.04 bits per heavy atom. The Bertz CT molecular complexity index is 755. The summed E-state index contributed by atoms with van der Waals surface area (Å²) in [6.45, 7) is 5.05. The third kappa shape index (κ3) is 4.23. The first kappa shape index (κ1) is 18.8. The molecule has 1 heterocycles. The number of phenols is 1. The van der Waals surface area contributed by atoms with Crippen LogP contribution in [0.15, 0.2) is 42.5 Å². The Labute approximate surface area is 163 Å². The van der Waals surface area contributed by atoms with Crippen molar-refractivity contribution in [1.29, 1.82) is 0 Å². The van der Waals surface area contributed by atoms with Crippen LogP contribution in [0.25, 0.3) is 0 Å². The smallest absolute Gasteiger partial charge is 0.241 e. The first-order valence-corrected chi connectivity index (χ1v) is 9.24. The van der Waals surface area contributed by atoms with Crippen molar-refractivity contribution in [3.8, 4) is 5.75 Å². The molecule has 1 saturated heterocycles. The van der Waals surface area contributed by atoms with E-state index in [4.69, 9.17) is 23.2 Å². The minimum Gasteiger partial charge on any atom is -0.508 e. The lowest BCUT2D eigenvalue weighted by molar-refractivity contribution is -0.120. The van der Waals surface area contributed by atoms with Gasteiger partial charge in [-0.05, 0) is 43.3 Å². The van der Waals surface area contributed by atoms with E-state index in [1.165, 1.54) is 0 Å². The second kappa shape index (κ2) is 8.16. The summed E-state index contributed by atoms with van der Waals surface area (Å²) in [6, 6.07) is 12.0. The molecule has 2 aromatic carbocycles. The molecule has 5 nitrogen and oxygen atoms in total. The Morgan fingerprint density at radius 2 is 1.62 bits per heavy atom. The zero-order valence-corrected chi connectivity index (χ0v) is 16.0. The van der Waals surface area contributed by atoms with Gasteiger partial charge in [0.25, 0.3) is 0 Å². The van der Waals surface area contributed by atoms with Crippen molar-refractivity contribution in [3.05, 3.63) is 52.5 Å². The van der Waals surface area contributed by atoms with E-state index in [2.05, 4.69) is 15.1 Å². The number of nitrogens with one attached hydrogen (secondary N) is 1. The molecule has 0 unspecified atom stereocenters. The van der Waals surface area contributed by atoms with Crippen molar-refractivity contribution in [2.24, 2.45) is 0 Å². The number of anilines is 2. The van der Waals surface area contributed by atoms with E-state index < -0.39 is 0 Å². The van der Waals surface area contributed by atoms with Crippen molar-refractivity contribution in [2.45, 2.75) is 13.0 Å². The number of phenolic OH excluding ortho intramolecular Hbond substituents is 1. The maximum absolute atomic E-state index is 12.6. The number of benzene rings is 2. The van der Waals surface area contributed by atoms with Crippen molar-refractivity contribution >= 4 is 40.5 Å². The van der Waals surface area contributed by atoms with Crippen LogP contribution in [0.1, 0.15) is 6.92 Å². The van der Waals surface area contributed by atoms with Crippen LogP contribution in [-0.4, -0.2) is 48.1 Å². The quantitative estimate of drug-likeness (QED) is 0.827. The van der Waals surface area contributed by atoms with E-state index >= 15 is 0 Å². The number of nitrogens with zero attached hydrogens (tertiary/aromatic N) is 2. The highest BCUT2D eigenvalue weighted by atomic mass is 35.5. The lowest BCUT2D eigenvalue weighted by Crippen LogP contribution is -2.52. The van der Waals surface area contributed by atoms with Crippen LogP contribution in [0, 0.1) is 0 Å². The molecule has 0 spiro atoms. The molecule has 0 radical (unpaired) electrons. The average Bonchev–Trinajstić information content (AvgIpc) is 2.65. The summed E-state index contributed by atoms with van der Waals surface area (Å²) in [6.07, 6.45) is 0. The average molecular weight is 394 g/mol. The summed E-state index contributed by atoms with van der Waals surface area (Å²) in [7, 11) is 0. The second-order valence-corrected chi connectivity index (χ2v) is 7.12. The molecule has 3 rings (SSSR count). The molecule has 1 aliphatic heterocycles. The zero-order chi connectivity index (χ0) is 18.7. The van der Waals surface area contributed by atoms with Gasteiger partial charge in [0.2, 0.25) is 5.91 Å². The van der Waals surface area contributed by atoms with Crippen LogP contribution in [0.4, 0.5) is 11.4 Å². The molecule has 2 aromatic rings. The maximum atomic E-state index is 12.6. The first-order valence-electron chi connectivity index (χ1n) is 8.48. The number of halogens is 2. The number of hydrogen-bond donors (Lipinski definition) is 2. The van der Waals surface area contributed by atoms with E-state index in [1.54, 1.807) is 30.3 Å². The SMILES string of the molecule is C[C@H](C(=O)Nc1c(Cl)cccc1Cl)N1CCN(c2ccc(O)cc2)CC1. The van der Waals surface area contributed by atoms with Crippen LogP contribution in [0.3, 0.4) is 0 Å². The van der Waals surface area contributed by atoms with Crippen LogP contribution in [-0.2, 0) is 4.79 Å². The summed E-state index contributed by atoms with van der Waals surface area (Å²) in [4.78, 5) is 17.0. The Hall–Kier alpha value is -1.95. The highest BCUT2D eigenvalue weighted by Gasteiger charge is 2.26. The Balaban J connectivity index is 1.58. The van der Waals surface area contributed by atoms with Gasteiger partial charge in [-0.1, -0.05) is 29.3 Å². The standard InChI is InChI=1S/C19H21Cl2N3O2/c1-13(19(26)22-18-16(20)3-2-4-17(18)21)23-9-11-24(12-10-23)14-5-7-15(25)8-6-14/h2-8,13,25H,9-12H2,1H3,(H,22,26)/t13-/m1/s1. The van der Waals surface area contributed by atoms with Crippen LogP contribution in [0.2, 0.25) is 10.0 Å². The summed E-state index contributed by atoms with van der Waals surface area (Å²) >= 11 is 12.2. The molecule has 2 N–H and O–H groups in total. The first-order chi connectivity index (χ1) is 12.5. The highest BCUT2D eigenvalue weighted by Crippen LogP contribution is 2.30. The van der Waals surface area contributed by atoms with E-state index in [9.17, 15) is 9.90 Å². The number of amides is 1. The van der Waals surface area contributed by atoms with Crippen LogP contribution < -0.4 is 10.2 Å². The van der Waals surface area contributed by atoms with Crippen molar-refractivity contribution in [2.75, 3.05) is 36.4 Å². The zero-order valence-electron chi connectivity index (χ0n) is 14.5. The number of hydrogen-bond acceptors (Lipinski definition) is 4. The molecule has 1 amide bonds. The van der Waals surface area contributed by atoms with Gasteiger partial charge in [0.05, 0.1) is 21.8 Å². The van der Waals surface area contributed by atoms with Gasteiger partial charge in [-0.15, -0.1) is 0 Å². The van der Waals surface area contributed by atoms with Gasteiger partial charge in [-0.25, -0.2) is 0 Å². The maximum Gasteiger partial charge on any atom is 0.241 e. The minimum atomic E-state index is -0.288. The summed E-state index contributed by atoms with van der Waals surface area (Å²) in [5, 5.41) is 13.1. The van der Waals surface area contributed by atoms with Gasteiger partial charge in [-0.2, -0.15) is 0 Å². The molecule has 1 fully saturated rings. The summed E-state index contributed by atoms with van der Waals surface area (Å²) < 4.78 is 0. The Kier molecular flexibility index (Phi) is 5.91. The van der Waals surface area contributed by atoms with E-state index in [-0.39, 0.29) is 17.7 Å². The van der Waals surface area contributed by atoms with Gasteiger partial charge >= 0.3 is 0 Å². The topological polar surface area (TPSA) is 55.8 Å². The fourth-order valence-corrected chi connectivity index (χ4v) is 3.53. The van der Waals surface area contributed by atoms with Crippen molar-refractivity contribution in [1.82, 2.24) is 4.90 Å². The molecule has 0 bridgehead atoms. The number of para-hydroxylation sites is 1. The molecular weight excluding hydrogens is 373 g/mol. The predicted molar refractivity (Wildman–Crippen MR) is 106 cm³/mol. The van der Waals surface area contributed by atoms with Gasteiger partial charge in [0, 0.05) is 31.9 Å². The predicted octanol–water partition coefficient (Wildman–Crippen LogP) is 3.85. The number of aromatic hydroxyl groups is 1. The number of piperazine rings is 1. The summed E-state index contributed by atoms with van der Waals surface area (Å²) in [5.41, 5.74) is 1.53. The molecule has 7 heteroatoms. The largest absolute Gasteiger partial charge is 0.508 e. The molecule has 0 saturated carbocycles.